The Balaban J connectivity index is 1.10. The van der Waals surface area contributed by atoms with Gasteiger partial charge >= 0.3 is 0 Å². The number of rotatable bonds is 13. The Morgan fingerprint density at radius 3 is 2.24 bits per heavy atom. The number of fused-ring (bicyclic) bond motifs is 3. The van der Waals surface area contributed by atoms with Gasteiger partial charge in [0.1, 0.15) is 12.4 Å². The predicted octanol–water partition coefficient (Wildman–Crippen LogP) is 7.16. The first kappa shape index (κ1) is 31.6. The van der Waals surface area contributed by atoms with Crippen molar-refractivity contribution < 1.29 is 18.3 Å². The van der Waals surface area contributed by atoms with E-state index in [1.54, 1.807) is 18.2 Å². The Morgan fingerprint density at radius 2 is 1.50 bits per heavy atom. The second-order valence-electron chi connectivity index (χ2n) is 11.3. The van der Waals surface area contributed by atoms with Crippen molar-refractivity contribution in [1.82, 2.24) is 9.88 Å². The average Bonchev–Trinajstić information content (AvgIpc) is 3.36. The molecule has 0 saturated heterocycles. The number of aromatic nitrogens is 1. The summed E-state index contributed by atoms with van der Waals surface area (Å²) in [5.41, 5.74) is 5.24. The van der Waals surface area contributed by atoms with Gasteiger partial charge < -0.3 is 19.7 Å². The summed E-state index contributed by atoms with van der Waals surface area (Å²) in [5, 5.41) is 16.9. The summed E-state index contributed by atoms with van der Waals surface area (Å²) in [6.45, 7) is 2.06. The molecule has 5 aromatic carbocycles. The van der Waals surface area contributed by atoms with E-state index >= 15 is 0 Å². The molecule has 0 amide bonds. The number of nitrogens with zero attached hydrogens (tertiary/aromatic N) is 2. The molecule has 6 rings (SSSR count). The highest BCUT2D eigenvalue weighted by Gasteiger charge is 2.22. The number of sulfonamides is 1. The van der Waals surface area contributed by atoms with Crippen molar-refractivity contribution in [1.29, 1.82) is 0 Å². The first-order valence-electron chi connectivity index (χ1n) is 15.2. The molecule has 1 heterocycles. The van der Waals surface area contributed by atoms with Gasteiger partial charge in [0.2, 0.25) is 10.0 Å². The highest BCUT2D eigenvalue weighted by molar-refractivity contribution is 7.92. The molecule has 0 aliphatic carbocycles. The summed E-state index contributed by atoms with van der Waals surface area (Å²) >= 11 is 6.46. The number of ether oxygens (including phenoxy) is 1. The monoisotopic (exact) mass is 653 g/mol. The number of halogens is 1. The van der Waals surface area contributed by atoms with Gasteiger partial charge in [0.05, 0.1) is 35.1 Å². The summed E-state index contributed by atoms with van der Waals surface area (Å²) in [5.74, 6) is 0.772. The fraction of sp³-hybridized carbons (Fsp3) is 0.189. The maximum Gasteiger partial charge on any atom is 0.232 e. The van der Waals surface area contributed by atoms with E-state index in [1.165, 1.54) is 26.2 Å². The van der Waals surface area contributed by atoms with Crippen LogP contribution in [0.25, 0.3) is 21.8 Å². The fourth-order valence-electron chi connectivity index (χ4n) is 5.71. The molecule has 0 saturated carbocycles. The van der Waals surface area contributed by atoms with Crippen LogP contribution in [0.3, 0.4) is 0 Å². The lowest BCUT2D eigenvalue weighted by Gasteiger charge is -2.25. The van der Waals surface area contributed by atoms with Gasteiger partial charge in [-0.1, -0.05) is 96.5 Å². The number of benzene rings is 5. The molecule has 2 N–H and O–H groups in total. The molecule has 46 heavy (non-hydrogen) atoms. The summed E-state index contributed by atoms with van der Waals surface area (Å²) in [7, 11) is -3.64. The quantitative estimate of drug-likeness (QED) is 0.129. The van der Waals surface area contributed by atoms with Crippen molar-refractivity contribution >= 4 is 49.1 Å². The largest absolute Gasteiger partial charge is 0.492 e. The highest BCUT2D eigenvalue weighted by atomic mass is 35.5. The number of nitrogens with one attached hydrogen (secondary N) is 1. The average molecular weight is 654 g/mol. The van der Waals surface area contributed by atoms with Gasteiger partial charge in [-0.3, -0.25) is 4.31 Å². The Labute approximate surface area is 274 Å². The third-order valence-electron chi connectivity index (χ3n) is 8.01. The van der Waals surface area contributed by atoms with Crippen LogP contribution in [0.5, 0.6) is 5.75 Å². The fourth-order valence-corrected chi connectivity index (χ4v) is 6.87. The van der Waals surface area contributed by atoms with E-state index in [9.17, 15) is 13.5 Å². The van der Waals surface area contributed by atoms with E-state index in [-0.39, 0.29) is 13.1 Å². The maximum absolute atomic E-state index is 12.7. The molecule has 0 unspecified atom stereocenters. The molecule has 0 bridgehead atoms. The lowest BCUT2D eigenvalue weighted by atomic mass is 10.1. The lowest BCUT2D eigenvalue weighted by Crippen LogP contribution is -2.30. The topological polar surface area (TPSA) is 83.8 Å². The predicted molar refractivity (Wildman–Crippen MR) is 187 cm³/mol. The van der Waals surface area contributed by atoms with Gasteiger partial charge in [0.25, 0.3) is 0 Å². The van der Waals surface area contributed by atoms with Crippen LogP contribution in [0.15, 0.2) is 121 Å². The first-order chi connectivity index (χ1) is 22.3. The molecule has 9 heteroatoms. The summed E-state index contributed by atoms with van der Waals surface area (Å²) in [6.07, 6.45) is 0.275. The highest BCUT2D eigenvalue weighted by Crippen LogP contribution is 2.33. The minimum atomic E-state index is -3.64. The number of anilines is 1. The van der Waals surface area contributed by atoms with Gasteiger partial charge in [0, 0.05) is 42.0 Å². The van der Waals surface area contributed by atoms with Gasteiger partial charge in [-0.25, -0.2) is 8.42 Å². The van der Waals surface area contributed by atoms with Crippen LogP contribution in [-0.4, -0.2) is 44.0 Å². The number of hydrogen-bond acceptors (Lipinski definition) is 5. The van der Waals surface area contributed by atoms with Crippen LogP contribution in [0.2, 0.25) is 5.02 Å². The van der Waals surface area contributed by atoms with E-state index in [4.69, 9.17) is 16.3 Å². The van der Waals surface area contributed by atoms with Crippen LogP contribution in [-0.2, 0) is 23.1 Å². The van der Waals surface area contributed by atoms with Gasteiger partial charge in [0.15, 0.2) is 0 Å². The molecule has 236 valence electrons. The maximum atomic E-state index is 12.7. The molecule has 1 atom stereocenters. The third-order valence-corrected chi connectivity index (χ3v) is 9.45. The van der Waals surface area contributed by atoms with Crippen LogP contribution in [0.1, 0.15) is 22.8 Å². The second-order valence-corrected chi connectivity index (χ2v) is 13.6. The Kier molecular flexibility index (Phi) is 9.61. The van der Waals surface area contributed by atoms with Crippen molar-refractivity contribution in [2.75, 3.05) is 30.3 Å². The summed E-state index contributed by atoms with van der Waals surface area (Å²) in [4.78, 5) is 0. The molecule has 0 radical (unpaired) electrons. The number of hydrogen-bond donors (Lipinski definition) is 2. The third kappa shape index (κ3) is 7.21. The van der Waals surface area contributed by atoms with Crippen LogP contribution >= 0.6 is 11.6 Å². The van der Waals surface area contributed by atoms with Crippen LogP contribution in [0.4, 0.5) is 5.69 Å². The van der Waals surface area contributed by atoms with Crippen molar-refractivity contribution in [3.8, 4) is 5.75 Å². The Hall–Kier alpha value is -4.34. The number of aliphatic hydroxyl groups is 1. The van der Waals surface area contributed by atoms with Crippen molar-refractivity contribution in [2.45, 2.75) is 19.2 Å². The Bertz CT molecular complexity index is 2050. The van der Waals surface area contributed by atoms with E-state index in [2.05, 4.69) is 70.5 Å². The normalized spacial score (nSPS) is 12.4. The standard InChI is InChI=1S/C37H36ClN3O4S/c1-46(43,44)41(26-28-12-6-3-7-13-28)36-22-29(16-19-33(36)38)37(42)24-39-20-21-45-30-17-18-32-31-14-8-9-15-34(31)40(35(32)23-30)25-27-10-4-2-5-11-27/h2-19,22-23,37,39,42H,20-21,24-26H2,1H3/t37-/m0/s1. The van der Waals surface area contributed by atoms with E-state index < -0.39 is 16.1 Å². The summed E-state index contributed by atoms with van der Waals surface area (Å²) in [6, 6.07) is 39.3. The Morgan fingerprint density at radius 1 is 0.826 bits per heavy atom. The van der Waals surface area contributed by atoms with Crippen molar-refractivity contribution in [3.63, 3.8) is 0 Å². The van der Waals surface area contributed by atoms with E-state index in [0.29, 0.717) is 29.4 Å². The second kappa shape index (κ2) is 14.0. The van der Waals surface area contributed by atoms with E-state index in [0.717, 1.165) is 29.6 Å². The smallest absolute Gasteiger partial charge is 0.232 e. The van der Waals surface area contributed by atoms with Gasteiger partial charge in [-0.05, 0) is 47.0 Å². The van der Waals surface area contributed by atoms with Crippen LogP contribution < -0.4 is 14.4 Å². The van der Waals surface area contributed by atoms with Crippen molar-refractivity contribution in [3.05, 3.63) is 143 Å². The van der Waals surface area contributed by atoms with Crippen molar-refractivity contribution in [2.24, 2.45) is 0 Å². The molecular formula is C37H36ClN3O4S. The lowest BCUT2D eigenvalue weighted by molar-refractivity contribution is 0.172. The van der Waals surface area contributed by atoms with E-state index in [1.807, 2.05) is 42.5 Å². The minimum Gasteiger partial charge on any atom is -0.492 e. The zero-order valence-electron chi connectivity index (χ0n) is 25.5. The molecule has 1 aromatic heterocycles. The molecule has 6 aromatic rings. The number of para-hydroxylation sites is 1. The SMILES string of the molecule is CS(=O)(=O)N(Cc1ccccc1)c1cc([C@@H](O)CNCCOc2ccc3c4ccccc4n(Cc4ccccc4)c3c2)ccc1Cl. The first-order valence-corrected chi connectivity index (χ1v) is 17.4. The minimum absolute atomic E-state index is 0.132. The van der Waals surface area contributed by atoms with Gasteiger partial charge in [-0.2, -0.15) is 0 Å². The van der Waals surface area contributed by atoms with Crippen LogP contribution in [0, 0.1) is 0 Å². The molecule has 0 spiro atoms. The molecular weight excluding hydrogens is 618 g/mol. The zero-order chi connectivity index (χ0) is 32.1. The number of aliphatic hydroxyl groups excluding tert-OH is 1. The molecule has 0 fully saturated rings. The molecule has 0 aliphatic heterocycles. The molecule has 0 aliphatic rings. The van der Waals surface area contributed by atoms with Gasteiger partial charge in [-0.15, -0.1) is 0 Å². The summed E-state index contributed by atoms with van der Waals surface area (Å²) < 4.78 is 35.2. The molecule has 7 nitrogen and oxygen atoms in total. The zero-order valence-corrected chi connectivity index (χ0v) is 27.1.